The number of amides is 2. The summed E-state index contributed by atoms with van der Waals surface area (Å²) in [6.45, 7) is 6.64. The Labute approximate surface area is 179 Å². The molecule has 0 bridgehead atoms. The Kier molecular flexibility index (Phi) is 5.41. The number of benzene rings is 1. The molecule has 2 amide bonds. The highest BCUT2D eigenvalue weighted by molar-refractivity contribution is 6.30. The van der Waals surface area contributed by atoms with Crippen molar-refractivity contribution < 1.29 is 9.59 Å². The minimum Gasteiger partial charge on any atom is -0.348 e. The maximum atomic E-state index is 13.2. The van der Waals surface area contributed by atoms with Crippen LogP contribution in [-0.2, 0) is 4.79 Å². The second kappa shape index (κ2) is 7.59. The van der Waals surface area contributed by atoms with Crippen LogP contribution in [0.1, 0.15) is 43.0 Å². The summed E-state index contributed by atoms with van der Waals surface area (Å²) >= 11 is 5.96. The number of carbonyl (C=O) groups is 2. The fourth-order valence-electron chi connectivity index (χ4n) is 6.22. The van der Waals surface area contributed by atoms with Crippen LogP contribution in [0.2, 0.25) is 5.02 Å². The van der Waals surface area contributed by atoms with Crippen LogP contribution in [0.4, 0.5) is 0 Å². The van der Waals surface area contributed by atoms with E-state index in [1.54, 1.807) is 17.0 Å². The predicted molar refractivity (Wildman–Crippen MR) is 115 cm³/mol. The lowest BCUT2D eigenvalue weighted by Crippen LogP contribution is -2.49. The summed E-state index contributed by atoms with van der Waals surface area (Å²) in [4.78, 5) is 32.4. The van der Waals surface area contributed by atoms with Crippen molar-refractivity contribution in [2.75, 3.05) is 46.8 Å². The molecule has 1 spiro atoms. The van der Waals surface area contributed by atoms with Crippen LogP contribution < -0.4 is 0 Å². The zero-order valence-electron chi connectivity index (χ0n) is 17.8. The highest BCUT2D eigenvalue weighted by atomic mass is 35.5. The summed E-state index contributed by atoms with van der Waals surface area (Å²) < 4.78 is 0. The van der Waals surface area contributed by atoms with Crippen molar-refractivity contribution in [2.45, 2.75) is 32.6 Å². The van der Waals surface area contributed by atoms with Gasteiger partial charge >= 0.3 is 0 Å². The average Bonchev–Trinajstić information content (AvgIpc) is 3.25. The first-order valence-corrected chi connectivity index (χ1v) is 11.2. The lowest BCUT2D eigenvalue weighted by Gasteiger charge is -2.44. The number of rotatable bonds is 3. The Balaban J connectivity index is 1.51. The van der Waals surface area contributed by atoms with E-state index in [1.165, 1.54) is 0 Å². The second-order valence-corrected chi connectivity index (χ2v) is 9.83. The van der Waals surface area contributed by atoms with E-state index < -0.39 is 0 Å². The molecule has 0 aromatic heterocycles. The molecule has 6 heteroatoms. The molecule has 1 aromatic rings. The average molecular weight is 418 g/mol. The first kappa shape index (κ1) is 20.7. The van der Waals surface area contributed by atoms with Gasteiger partial charge in [0.15, 0.2) is 0 Å². The van der Waals surface area contributed by atoms with Crippen molar-refractivity contribution in [3.63, 3.8) is 0 Å². The number of hydrogen-bond donors (Lipinski definition) is 0. The van der Waals surface area contributed by atoms with Crippen LogP contribution in [0, 0.1) is 16.7 Å². The van der Waals surface area contributed by atoms with Crippen molar-refractivity contribution in [1.82, 2.24) is 14.7 Å². The predicted octanol–water partition coefficient (Wildman–Crippen LogP) is 3.38. The van der Waals surface area contributed by atoms with E-state index in [0.717, 1.165) is 58.4 Å². The quantitative estimate of drug-likeness (QED) is 0.757. The smallest absolute Gasteiger partial charge is 0.253 e. The summed E-state index contributed by atoms with van der Waals surface area (Å²) in [6, 6.07) is 7.16. The van der Waals surface area contributed by atoms with Crippen molar-refractivity contribution in [3.8, 4) is 0 Å². The fraction of sp³-hybridized carbons (Fsp3) is 0.652. The fourth-order valence-corrected chi connectivity index (χ4v) is 6.35. The van der Waals surface area contributed by atoms with E-state index in [0.29, 0.717) is 22.4 Å². The van der Waals surface area contributed by atoms with E-state index in [1.807, 2.05) is 31.1 Å². The minimum atomic E-state index is -0.234. The van der Waals surface area contributed by atoms with Gasteiger partial charge in [0.2, 0.25) is 5.91 Å². The van der Waals surface area contributed by atoms with Crippen LogP contribution in [0.15, 0.2) is 24.3 Å². The monoisotopic (exact) mass is 417 g/mol. The Hall–Kier alpha value is -1.59. The van der Waals surface area contributed by atoms with Crippen LogP contribution >= 0.6 is 11.6 Å². The van der Waals surface area contributed by atoms with Gasteiger partial charge in [-0.25, -0.2) is 0 Å². The third-order valence-corrected chi connectivity index (χ3v) is 8.09. The van der Waals surface area contributed by atoms with E-state index in [4.69, 9.17) is 11.6 Å². The normalized spacial score (nSPS) is 28.6. The number of fused-ring (bicyclic) bond motifs is 2. The van der Waals surface area contributed by atoms with Gasteiger partial charge in [0.25, 0.3) is 5.91 Å². The third-order valence-electron chi connectivity index (χ3n) is 7.84. The number of likely N-dealkylation sites (tertiary alicyclic amines) is 2. The van der Waals surface area contributed by atoms with Gasteiger partial charge < -0.3 is 14.7 Å². The molecule has 0 unspecified atom stereocenters. The number of carbonyl (C=O) groups excluding carboxylic acids is 2. The molecule has 4 rings (SSSR count). The minimum absolute atomic E-state index is 0.0896. The van der Waals surface area contributed by atoms with Gasteiger partial charge in [0.1, 0.15) is 0 Å². The molecule has 29 heavy (non-hydrogen) atoms. The molecule has 5 nitrogen and oxygen atoms in total. The van der Waals surface area contributed by atoms with Gasteiger partial charge in [-0.05, 0) is 67.8 Å². The van der Waals surface area contributed by atoms with Crippen LogP contribution in [-0.4, -0.2) is 73.3 Å². The zero-order chi connectivity index (χ0) is 20.8. The lowest BCUT2D eigenvalue weighted by molar-refractivity contribution is -0.141. The Bertz CT molecular complexity index is 786. The van der Waals surface area contributed by atoms with Crippen LogP contribution in [0.25, 0.3) is 0 Å². The molecule has 0 radical (unpaired) electrons. The highest BCUT2D eigenvalue weighted by Crippen LogP contribution is 2.62. The van der Waals surface area contributed by atoms with Crippen LogP contribution in [0.3, 0.4) is 0 Å². The van der Waals surface area contributed by atoms with Crippen molar-refractivity contribution in [2.24, 2.45) is 16.7 Å². The molecular weight excluding hydrogens is 386 g/mol. The van der Waals surface area contributed by atoms with Gasteiger partial charge in [0, 0.05) is 50.9 Å². The lowest BCUT2D eigenvalue weighted by atomic mass is 9.65. The van der Waals surface area contributed by atoms with Gasteiger partial charge in [-0.3, -0.25) is 9.59 Å². The van der Waals surface area contributed by atoms with E-state index in [9.17, 15) is 9.59 Å². The molecule has 158 valence electrons. The first-order valence-electron chi connectivity index (χ1n) is 10.8. The summed E-state index contributed by atoms with van der Waals surface area (Å²) in [5, 5.41) is 0.647. The van der Waals surface area contributed by atoms with Crippen molar-refractivity contribution in [3.05, 3.63) is 34.9 Å². The molecule has 2 heterocycles. The second-order valence-electron chi connectivity index (χ2n) is 9.40. The van der Waals surface area contributed by atoms with E-state index in [-0.39, 0.29) is 16.7 Å². The SMILES string of the molecule is CCN1C[C@@H]2C3(CCN(C(=O)c4ccc(Cl)cc4)CC3)CC[C@]2(C(=O)N(C)C)C1. The molecule has 1 aliphatic carbocycles. The zero-order valence-corrected chi connectivity index (χ0v) is 18.5. The Morgan fingerprint density at radius 2 is 1.76 bits per heavy atom. The molecular formula is C23H32ClN3O2. The topological polar surface area (TPSA) is 43.9 Å². The molecule has 3 aliphatic rings. The van der Waals surface area contributed by atoms with Gasteiger partial charge in [-0.2, -0.15) is 0 Å². The number of hydrogen-bond acceptors (Lipinski definition) is 3. The molecule has 2 aliphatic heterocycles. The summed E-state index contributed by atoms with van der Waals surface area (Å²) in [5.41, 5.74) is 0.653. The van der Waals surface area contributed by atoms with E-state index >= 15 is 0 Å². The third kappa shape index (κ3) is 3.36. The van der Waals surface area contributed by atoms with E-state index in [2.05, 4.69) is 11.8 Å². The Morgan fingerprint density at radius 1 is 1.10 bits per heavy atom. The maximum absolute atomic E-state index is 13.2. The summed E-state index contributed by atoms with van der Waals surface area (Å²) in [6.07, 6.45) is 4.09. The summed E-state index contributed by atoms with van der Waals surface area (Å²) in [5.74, 6) is 0.791. The molecule has 2 saturated heterocycles. The molecule has 1 saturated carbocycles. The maximum Gasteiger partial charge on any atom is 0.253 e. The largest absolute Gasteiger partial charge is 0.348 e. The standard InChI is InChI=1S/C23H32ClN3O2/c1-4-26-15-19-22(9-10-23(19,16-26)21(29)25(2)3)11-13-27(14-12-22)20(28)17-5-7-18(24)8-6-17/h5-8,19H,4,9-16H2,1-3H3/t19-,23+/m1/s1. The van der Waals surface area contributed by atoms with Gasteiger partial charge in [0.05, 0.1) is 5.41 Å². The van der Waals surface area contributed by atoms with Crippen LogP contribution in [0.5, 0.6) is 0 Å². The number of nitrogens with zero attached hydrogens (tertiary/aromatic N) is 3. The molecule has 0 N–H and O–H groups in total. The molecule has 1 aromatic carbocycles. The molecule has 3 fully saturated rings. The van der Waals surface area contributed by atoms with Crippen molar-refractivity contribution >= 4 is 23.4 Å². The van der Waals surface area contributed by atoms with Crippen molar-refractivity contribution in [1.29, 1.82) is 0 Å². The number of piperidine rings is 1. The number of halogens is 1. The highest BCUT2D eigenvalue weighted by Gasteiger charge is 2.64. The first-order chi connectivity index (χ1) is 13.8. The molecule has 2 atom stereocenters. The van der Waals surface area contributed by atoms with Gasteiger partial charge in [-0.15, -0.1) is 0 Å². The Morgan fingerprint density at radius 3 is 2.34 bits per heavy atom. The summed E-state index contributed by atoms with van der Waals surface area (Å²) in [7, 11) is 3.78. The van der Waals surface area contributed by atoms with Gasteiger partial charge in [-0.1, -0.05) is 18.5 Å².